The zero-order valence-electron chi connectivity index (χ0n) is 14.4. The average Bonchev–Trinajstić information content (AvgIpc) is 2.79. The smallest absolute Gasteiger partial charge is 0.307 e. The van der Waals surface area contributed by atoms with Gasteiger partial charge in [-0.25, -0.2) is 0 Å². The first kappa shape index (κ1) is 23.1. The van der Waals surface area contributed by atoms with Crippen LogP contribution in [0.3, 0.4) is 0 Å². The number of thioether (sulfide) groups is 1. The number of likely N-dealkylation sites (N-methyl/N-ethyl adjacent to an activating group) is 1. The largest absolute Gasteiger partial charge is 0.464 e. The van der Waals surface area contributed by atoms with Gasteiger partial charge in [0.05, 0.1) is 11.3 Å². The summed E-state index contributed by atoms with van der Waals surface area (Å²) in [6.45, 7) is 1.25. The number of ether oxygens (including phenoxy) is 1. The van der Waals surface area contributed by atoms with E-state index in [4.69, 9.17) is 17.0 Å². The Labute approximate surface area is 177 Å². The van der Waals surface area contributed by atoms with Crippen molar-refractivity contribution in [3.8, 4) is 0 Å². The topological polar surface area (TPSA) is 49.9 Å². The lowest BCUT2D eigenvalue weighted by atomic mass is 10.2. The average molecular weight is 480 g/mol. The number of amides is 1. The first-order chi connectivity index (χ1) is 11.9. The molecule has 1 heterocycles. The molecule has 1 aromatic carbocycles. The first-order valence-electron chi connectivity index (χ1n) is 7.68. The summed E-state index contributed by atoms with van der Waals surface area (Å²) in [5.41, 5.74) is 0.915. The van der Waals surface area contributed by atoms with Gasteiger partial charge in [-0.2, -0.15) is 0 Å². The molecule has 0 aliphatic carbocycles. The number of halogens is 2. The minimum absolute atomic E-state index is 0. The number of rotatable bonds is 7. The summed E-state index contributed by atoms with van der Waals surface area (Å²) in [5.74, 6) is -0.497. The number of benzene rings is 1. The molecule has 0 aromatic heterocycles. The molecule has 0 radical (unpaired) electrons. The van der Waals surface area contributed by atoms with Gasteiger partial charge in [0.25, 0.3) is 5.91 Å². The Hall–Kier alpha value is -0.930. The fraction of sp³-hybridized carbons (Fsp3) is 0.353. The van der Waals surface area contributed by atoms with E-state index in [2.05, 4.69) is 15.9 Å². The number of hydrogen-bond acceptors (Lipinski definition) is 6. The van der Waals surface area contributed by atoms with Crippen LogP contribution in [0.5, 0.6) is 0 Å². The van der Waals surface area contributed by atoms with E-state index < -0.39 is 0 Å². The molecule has 0 atom stereocenters. The molecule has 0 unspecified atom stereocenters. The van der Waals surface area contributed by atoms with Crippen LogP contribution in [0.2, 0.25) is 0 Å². The van der Waals surface area contributed by atoms with Gasteiger partial charge < -0.3 is 9.64 Å². The number of thiocarbonyl (C=S) groups is 1. The summed E-state index contributed by atoms with van der Waals surface area (Å²) in [5, 5.41) is 0. The van der Waals surface area contributed by atoms with Gasteiger partial charge in [0.2, 0.25) is 0 Å². The van der Waals surface area contributed by atoms with Gasteiger partial charge >= 0.3 is 5.97 Å². The lowest BCUT2D eigenvalue weighted by molar-refractivity contribution is -0.144. The maximum Gasteiger partial charge on any atom is 0.307 e. The van der Waals surface area contributed by atoms with Crippen molar-refractivity contribution in [1.29, 1.82) is 0 Å². The SMILES string of the molecule is CN(C)CCOC(=O)CCN1C(=O)/C(=C/c2cccc(Br)c2)SC1=S.Cl. The summed E-state index contributed by atoms with van der Waals surface area (Å²) in [4.78, 5) is 28.2. The molecule has 1 amide bonds. The summed E-state index contributed by atoms with van der Waals surface area (Å²) in [6, 6.07) is 7.67. The number of esters is 1. The van der Waals surface area contributed by atoms with Gasteiger partial charge in [-0.05, 0) is 37.9 Å². The predicted molar refractivity (Wildman–Crippen MR) is 115 cm³/mol. The zero-order valence-corrected chi connectivity index (χ0v) is 18.5. The van der Waals surface area contributed by atoms with Crippen LogP contribution in [-0.2, 0) is 14.3 Å². The Morgan fingerprint density at radius 3 is 2.81 bits per heavy atom. The minimum atomic E-state index is -0.327. The van der Waals surface area contributed by atoms with Crippen LogP contribution < -0.4 is 0 Å². The monoisotopic (exact) mass is 478 g/mol. The van der Waals surface area contributed by atoms with Crippen LogP contribution in [0, 0.1) is 0 Å². The maximum absolute atomic E-state index is 12.5. The normalized spacial score (nSPS) is 15.5. The van der Waals surface area contributed by atoms with Crippen molar-refractivity contribution in [2.24, 2.45) is 0 Å². The molecule has 9 heteroatoms. The van der Waals surface area contributed by atoms with Crippen LogP contribution in [-0.4, -0.2) is 59.8 Å². The highest BCUT2D eigenvalue weighted by Gasteiger charge is 2.32. The van der Waals surface area contributed by atoms with Crippen LogP contribution >= 0.6 is 52.3 Å². The molecule has 0 saturated carbocycles. The molecule has 1 fully saturated rings. The molecule has 1 aromatic rings. The lowest BCUT2D eigenvalue weighted by Crippen LogP contribution is -2.31. The van der Waals surface area contributed by atoms with E-state index in [0.717, 1.165) is 10.0 Å². The molecular formula is C17H20BrClN2O3S2. The van der Waals surface area contributed by atoms with E-state index in [1.807, 2.05) is 43.3 Å². The zero-order chi connectivity index (χ0) is 18.4. The van der Waals surface area contributed by atoms with Crippen molar-refractivity contribution < 1.29 is 14.3 Å². The molecule has 1 aliphatic heterocycles. The van der Waals surface area contributed by atoms with Crippen molar-refractivity contribution in [2.75, 3.05) is 33.8 Å². The molecule has 1 aliphatic rings. The Balaban J connectivity index is 0.00000338. The van der Waals surface area contributed by atoms with E-state index in [0.29, 0.717) is 22.4 Å². The van der Waals surface area contributed by atoms with Gasteiger partial charge in [0.1, 0.15) is 10.9 Å². The van der Waals surface area contributed by atoms with Crippen LogP contribution in [0.1, 0.15) is 12.0 Å². The second kappa shape index (κ2) is 11.0. The van der Waals surface area contributed by atoms with Crippen molar-refractivity contribution in [1.82, 2.24) is 9.80 Å². The van der Waals surface area contributed by atoms with Gasteiger partial charge in [-0.1, -0.05) is 52.0 Å². The van der Waals surface area contributed by atoms with Gasteiger partial charge in [0.15, 0.2) is 0 Å². The maximum atomic E-state index is 12.5. The quantitative estimate of drug-likeness (QED) is 0.339. The fourth-order valence-electron chi connectivity index (χ4n) is 2.06. The van der Waals surface area contributed by atoms with Crippen molar-refractivity contribution in [3.05, 3.63) is 39.2 Å². The van der Waals surface area contributed by atoms with Crippen molar-refractivity contribution in [2.45, 2.75) is 6.42 Å². The number of nitrogens with zero attached hydrogens (tertiary/aromatic N) is 2. The Bertz CT molecular complexity index is 713. The molecule has 0 spiro atoms. The van der Waals surface area contributed by atoms with Crippen LogP contribution in [0.4, 0.5) is 0 Å². The van der Waals surface area contributed by atoms with E-state index >= 15 is 0 Å². The summed E-state index contributed by atoms with van der Waals surface area (Å²) >= 11 is 9.93. The van der Waals surface area contributed by atoms with Crippen LogP contribution in [0.25, 0.3) is 6.08 Å². The predicted octanol–water partition coefficient (Wildman–Crippen LogP) is 3.57. The van der Waals surface area contributed by atoms with E-state index in [1.165, 1.54) is 16.7 Å². The standard InChI is InChI=1S/C17H19BrN2O3S2.ClH/c1-19(2)8-9-23-15(21)6-7-20-16(22)14(25-17(20)24)11-12-4-3-5-13(18)10-12;/h3-5,10-11H,6-9H2,1-2H3;1H/b14-11-;. The molecule has 26 heavy (non-hydrogen) atoms. The third-order valence-electron chi connectivity index (χ3n) is 3.36. The molecule has 1 saturated heterocycles. The third kappa shape index (κ3) is 7.00. The summed E-state index contributed by atoms with van der Waals surface area (Å²) < 4.78 is 6.54. The highest BCUT2D eigenvalue weighted by atomic mass is 79.9. The van der Waals surface area contributed by atoms with E-state index in [1.54, 1.807) is 6.08 Å². The third-order valence-corrected chi connectivity index (χ3v) is 5.23. The summed E-state index contributed by atoms with van der Waals surface area (Å²) in [7, 11) is 3.82. The van der Waals surface area contributed by atoms with Gasteiger partial charge in [-0.15, -0.1) is 12.4 Å². The first-order valence-corrected chi connectivity index (χ1v) is 9.70. The number of carbonyl (C=O) groups excluding carboxylic acids is 2. The molecule has 0 bridgehead atoms. The molecule has 5 nitrogen and oxygen atoms in total. The van der Waals surface area contributed by atoms with E-state index in [9.17, 15) is 9.59 Å². The second-order valence-electron chi connectivity index (χ2n) is 5.66. The fourth-order valence-corrected chi connectivity index (χ4v) is 3.78. The minimum Gasteiger partial charge on any atom is -0.464 e. The Kier molecular flexibility index (Phi) is 9.81. The second-order valence-corrected chi connectivity index (χ2v) is 8.25. The number of hydrogen-bond donors (Lipinski definition) is 0. The highest BCUT2D eigenvalue weighted by Crippen LogP contribution is 2.32. The van der Waals surface area contributed by atoms with E-state index in [-0.39, 0.29) is 37.2 Å². The van der Waals surface area contributed by atoms with Gasteiger partial charge in [0, 0.05) is 17.6 Å². The molecule has 0 N–H and O–H groups in total. The molecule has 2 rings (SSSR count). The molecule has 142 valence electrons. The Morgan fingerprint density at radius 2 is 2.15 bits per heavy atom. The Morgan fingerprint density at radius 1 is 1.42 bits per heavy atom. The van der Waals surface area contributed by atoms with Gasteiger partial charge in [-0.3, -0.25) is 14.5 Å². The van der Waals surface area contributed by atoms with Crippen molar-refractivity contribution >= 4 is 74.6 Å². The van der Waals surface area contributed by atoms with Crippen molar-refractivity contribution in [3.63, 3.8) is 0 Å². The molecular weight excluding hydrogens is 460 g/mol. The number of carbonyl (C=O) groups is 2. The van der Waals surface area contributed by atoms with Crippen LogP contribution in [0.15, 0.2) is 33.6 Å². The lowest BCUT2D eigenvalue weighted by Gasteiger charge is -2.14. The summed E-state index contributed by atoms with van der Waals surface area (Å²) in [6.07, 6.45) is 1.93. The highest BCUT2D eigenvalue weighted by molar-refractivity contribution is 9.10.